The van der Waals surface area contributed by atoms with E-state index in [0.29, 0.717) is 19.3 Å². The summed E-state index contributed by atoms with van der Waals surface area (Å²) in [4.78, 5) is 23.0. The summed E-state index contributed by atoms with van der Waals surface area (Å²) < 4.78 is 0. The number of benzene rings is 1. The van der Waals surface area contributed by atoms with Crippen molar-refractivity contribution in [3.63, 3.8) is 0 Å². The zero-order valence-electron chi connectivity index (χ0n) is 12.0. The van der Waals surface area contributed by atoms with Gasteiger partial charge in [-0.25, -0.2) is 0 Å². The Labute approximate surface area is 124 Å². The van der Waals surface area contributed by atoms with Crippen molar-refractivity contribution in [3.8, 4) is 0 Å². The summed E-state index contributed by atoms with van der Waals surface area (Å²) in [6.07, 6.45) is 4.05. The van der Waals surface area contributed by atoms with E-state index in [-0.39, 0.29) is 23.8 Å². The number of carbonyl (C=O) groups excluding carboxylic acids is 1. The highest BCUT2D eigenvalue weighted by Crippen LogP contribution is 2.26. The minimum Gasteiger partial charge on any atom is -0.481 e. The summed E-state index contributed by atoms with van der Waals surface area (Å²) in [5.74, 6) is -1.14. The number of aliphatic carboxylic acids is 1. The van der Waals surface area contributed by atoms with E-state index < -0.39 is 5.97 Å². The van der Waals surface area contributed by atoms with Crippen molar-refractivity contribution in [1.29, 1.82) is 0 Å². The minimum atomic E-state index is -0.764. The van der Waals surface area contributed by atoms with Crippen LogP contribution in [0.4, 0.5) is 0 Å². The first-order valence-corrected chi connectivity index (χ1v) is 7.29. The van der Waals surface area contributed by atoms with Gasteiger partial charge in [-0.2, -0.15) is 0 Å². The van der Waals surface area contributed by atoms with Gasteiger partial charge in [0.15, 0.2) is 0 Å². The van der Waals surface area contributed by atoms with Crippen molar-refractivity contribution in [1.82, 2.24) is 5.32 Å². The van der Waals surface area contributed by atoms with Crippen LogP contribution in [0.15, 0.2) is 43.0 Å². The number of carboxylic acids is 1. The molecule has 1 aromatic rings. The zero-order valence-corrected chi connectivity index (χ0v) is 12.0. The summed E-state index contributed by atoms with van der Waals surface area (Å²) in [6.45, 7) is 3.80. The molecule has 0 aromatic heterocycles. The fraction of sp³-hybridized carbons (Fsp3) is 0.412. The highest BCUT2D eigenvalue weighted by atomic mass is 16.4. The van der Waals surface area contributed by atoms with Gasteiger partial charge < -0.3 is 10.4 Å². The predicted molar refractivity (Wildman–Crippen MR) is 80.9 cm³/mol. The Bertz CT molecular complexity index is 512. The van der Waals surface area contributed by atoms with E-state index in [0.717, 1.165) is 12.0 Å². The zero-order chi connectivity index (χ0) is 15.2. The van der Waals surface area contributed by atoms with Crippen LogP contribution in [-0.4, -0.2) is 23.0 Å². The number of hydrogen-bond donors (Lipinski definition) is 2. The lowest BCUT2D eigenvalue weighted by molar-refractivity contribution is -0.141. The van der Waals surface area contributed by atoms with Crippen LogP contribution in [0.3, 0.4) is 0 Å². The first-order chi connectivity index (χ1) is 10.1. The minimum absolute atomic E-state index is 0.0112. The molecule has 1 amide bonds. The van der Waals surface area contributed by atoms with E-state index in [9.17, 15) is 9.59 Å². The molecule has 1 aromatic carbocycles. The molecular formula is C17H21NO3. The molecule has 0 bridgehead atoms. The van der Waals surface area contributed by atoms with E-state index >= 15 is 0 Å². The average Bonchev–Trinajstić information content (AvgIpc) is 2.94. The second-order valence-electron chi connectivity index (χ2n) is 5.57. The summed E-state index contributed by atoms with van der Waals surface area (Å²) in [7, 11) is 0. The first kappa shape index (κ1) is 15.3. The van der Waals surface area contributed by atoms with Crippen LogP contribution in [0.2, 0.25) is 0 Å². The van der Waals surface area contributed by atoms with Crippen LogP contribution in [0.5, 0.6) is 0 Å². The van der Waals surface area contributed by atoms with E-state index in [1.54, 1.807) is 6.08 Å². The van der Waals surface area contributed by atoms with Crippen LogP contribution in [0.1, 0.15) is 37.2 Å². The van der Waals surface area contributed by atoms with Crippen LogP contribution in [0, 0.1) is 5.92 Å². The van der Waals surface area contributed by atoms with Gasteiger partial charge in [-0.3, -0.25) is 9.59 Å². The SMILES string of the molecule is C=CC(CC(=O)N[C@H]1CC[C@@H](C(=O)O)C1)c1ccccc1. The number of carbonyl (C=O) groups is 2. The van der Waals surface area contributed by atoms with Crippen LogP contribution in [-0.2, 0) is 9.59 Å². The van der Waals surface area contributed by atoms with Gasteiger partial charge in [0.2, 0.25) is 5.91 Å². The van der Waals surface area contributed by atoms with Gasteiger partial charge in [-0.05, 0) is 24.8 Å². The summed E-state index contributed by atoms with van der Waals surface area (Å²) in [5.41, 5.74) is 1.07. The molecule has 21 heavy (non-hydrogen) atoms. The molecule has 0 saturated heterocycles. The molecule has 4 nitrogen and oxygen atoms in total. The number of amides is 1. The molecule has 4 heteroatoms. The number of carboxylic acid groups (broad SMARTS) is 1. The van der Waals surface area contributed by atoms with Gasteiger partial charge in [-0.15, -0.1) is 6.58 Å². The molecular weight excluding hydrogens is 266 g/mol. The van der Waals surface area contributed by atoms with Gasteiger partial charge in [0, 0.05) is 18.4 Å². The number of allylic oxidation sites excluding steroid dienone is 1. The number of nitrogens with one attached hydrogen (secondary N) is 1. The van der Waals surface area contributed by atoms with Crippen molar-refractivity contribution < 1.29 is 14.7 Å². The Morgan fingerprint density at radius 1 is 1.33 bits per heavy atom. The standard InChI is InChI=1S/C17H21NO3/c1-2-12(13-6-4-3-5-7-13)11-16(19)18-15-9-8-14(10-15)17(20)21/h2-7,12,14-15H,1,8-11H2,(H,18,19)(H,20,21)/t12?,14-,15+/m1/s1. The number of hydrogen-bond acceptors (Lipinski definition) is 2. The lowest BCUT2D eigenvalue weighted by Crippen LogP contribution is -2.34. The molecule has 1 aliphatic carbocycles. The Balaban J connectivity index is 1.87. The fourth-order valence-corrected chi connectivity index (χ4v) is 2.86. The van der Waals surface area contributed by atoms with E-state index in [1.165, 1.54) is 0 Å². The van der Waals surface area contributed by atoms with Gasteiger partial charge in [-0.1, -0.05) is 36.4 Å². The molecule has 2 N–H and O–H groups in total. The Kier molecular flexibility index (Phi) is 5.14. The monoisotopic (exact) mass is 287 g/mol. The van der Waals surface area contributed by atoms with E-state index in [2.05, 4.69) is 11.9 Å². The molecule has 1 unspecified atom stereocenters. The van der Waals surface area contributed by atoms with E-state index in [4.69, 9.17) is 5.11 Å². The normalized spacial score (nSPS) is 22.5. The Morgan fingerprint density at radius 2 is 2.05 bits per heavy atom. The van der Waals surface area contributed by atoms with Gasteiger partial charge in [0.25, 0.3) is 0 Å². The molecule has 1 fully saturated rings. The van der Waals surface area contributed by atoms with Crippen molar-refractivity contribution >= 4 is 11.9 Å². The summed E-state index contributed by atoms with van der Waals surface area (Å²) >= 11 is 0. The van der Waals surface area contributed by atoms with Crippen molar-refractivity contribution in [2.75, 3.05) is 0 Å². The molecule has 2 rings (SSSR count). The average molecular weight is 287 g/mol. The highest BCUT2D eigenvalue weighted by molar-refractivity contribution is 5.78. The summed E-state index contributed by atoms with van der Waals surface area (Å²) in [5, 5.41) is 11.9. The van der Waals surface area contributed by atoms with Gasteiger partial charge in [0.1, 0.15) is 0 Å². The molecule has 0 radical (unpaired) electrons. The smallest absolute Gasteiger partial charge is 0.306 e. The molecule has 3 atom stereocenters. The largest absolute Gasteiger partial charge is 0.481 e. The summed E-state index contributed by atoms with van der Waals surface area (Å²) in [6, 6.07) is 9.77. The quantitative estimate of drug-likeness (QED) is 0.791. The Morgan fingerprint density at radius 3 is 2.62 bits per heavy atom. The van der Waals surface area contributed by atoms with Crippen molar-refractivity contribution in [3.05, 3.63) is 48.6 Å². The second kappa shape index (κ2) is 7.07. The lowest BCUT2D eigenvalue weighted by Gasteiger charge is -2.16. The van der Waals surface area contributed by atoms with Crippen LogP contribution in [0.25, 0.3) is 0 Å². The molecule has 112 valence electrons. The Hall–Kier alpha value is -2.10. The molecule has 1 aliphatic rings. The maximum absolute atomic E-state index is 12.1. The maximum Gasteiger partial charge on any atom is 0.306 e. The first-order valence-electron chi connectivity index (χ1n) is 7.29. The van der Waals surface area contributed by atoms with Crippen molar-refractivity contribution in [2.24, 2.45) is 5.92 Å². The lowest BCUT2D eigenvalue weighted by atomic mass is 9.95. The third-order valence-electron chi connectivity index (χ3n) is 4.06. The third-order valence-corrected chi connectivity index (χ3v) is 4.06. The number of rotatable bonds is 6. The second-order valence-corrected chi connectivity index (χ2v) is 5.57. The van der Waals surface area contributed by atoms with Crippen molar-refractivity contribution in [2.45, 2.75) is 37.6 Å². The van der Waals surface area contributed by atoms with Crippen LogP contribution < -0.4 is 5.32 Å². The molecule has 0 aliphatic heterocycles. The third kappa shape index (κ3) is 4.18. The topological polar surface area (TPSA) is 66.4 Å². The molecule has 0 spiro atoms. The van der Waals surface area contributed by atoms with Crippen LogP contribution >= 0.6 is 0 Å². The molecule has 0 heterocycles. The van der Waals surface area contributed by atoms with Gasteiger partial charge >= 0.3 is 5.97 Å². The van der Waals surface area contributed by atoms with E-state index in [1.807, 2.05) is 30.3 Å². The fourth-order valence-electron chi connectivity index (χ4n) is 2.86. The molecule has 1 saturated carbocycles. The van der Waals surface area contributed by atoms with Gasteiger partial charge in [0.05, 0.1) is 5.92 Å². The predicted octanol–water partition coefficient (Wildman–Crippen LogP) is 2.72. The highest BCUT2D eigenvalue weighted by Gasteiger charge is 2.30. The maximum atomic E-state index is 12.1.